The fourth-order valence-corrected chi connectivity index (χ4v) is 3.29. The molecule has 1 aliphatic heterocycles. The molecule has 1 atom stereocenters. The minimum Gasteiger partial charge on any atom is -0.341 e. The molecule has 6 nitrogen and oxygen atoms in total. The number of halogens is 1. The summed E-state index contributed by atoms with van der Waals surface area (Å²) in [5, 5.41) is 4.12. The van der Waals surface area contributed by atoms with E-state index >= 15 is 0 Å². The van der Waals surface area contributed by atoms with Crippen LogP contribution in [0.1, 0.15) is 57.2 Å². The Labute approximate surface area is 145 Å². The van der Waals surface area contributed by atoms with Crippen molar-refractivity contribution in [1.29, 1.82) is 0 Å². The van der Waals surface area contributed by atoms with E-state index in [1.807, 2.05) is 0 Å². The summed E-state index contributed by atoms with van der Waals surface area (Å²) in [7, 11) is 0. The average Bonchev–Trinajstić information content (AvgIpc) is 3.24. The minimum atomic E-state index is -0.257. The van der Waals surface area contributed by atoms with Crippen molar-refractivity contribution >= 4 is 11.0 Å². The molecule has 1 N–H and O–H groups in total. The molecule has 0 amide bonds. The molecule has 0 unspecified atom stereocenters. The Balaban J connectivity index is 1.56. The number of aromatic amines is 1. The van der Waals surface area contributed by atoms with Crippen LogP contribution in [0.15, 0.2) is 22.7 Å². The number of aromatic nitrogens is 4. The highest BCUT2D eigenvalue weighted by Crippen LogP contribution is 2.32. The number of imidazole rings is 1. The van der Waals surface area contributed by atoms with Crippen molar-refractivity contribution in [3.05, 3.63) is 41.6 Å². The second-order valence-corrected chi connectivity index (χ2v) is 7.68. The summed E-state index contributed by atoms with van der Waals surface area (Å²) in [4.78, 5) is 14.7. The number of nitrogens with one attached hydrogen (secondary N) is 1. The monoisotopic (exact) mass is 343 g/mol. The predicted molar refractivity (Wildman–Crippen MR) is 91.4 cm³/mol. The summed E-state index contributed by atoms with van der Waals surface area (Å²) >= 11 is 0. The van der Waals surface area contributed by atoms with Crippen LogP contribution in [-0.2, 0) is 12.0 Å². The maximum absolute atomic E-state index is 13.4. The van der Waals surface area contributed by atoms with Gasteiger partial charge in [0, 0.05) is 5.41 Å². The van der Waals surface area contributed by atoms with Crippen LogP contribution in [-0.4, -0.2) is 31.6 Å². The second kappa shape index (κ2) is 5.91. The van der Waals surface area contributed by atoms with Crippen LogP contribution < -0.4 is 0 Å². The highest BCUT2D eigenvalue weighted by atomic mass is 19.1. The topological polar surface area (TPSA) is 70.8 Å². The number of hydrogen-bond donors (Lipinski definition) is 1. The smallest absolute Gasteiger partial charge is 0.232 e. The van der Waals surface area contributed by atoms with Gasteiger partial charge in [-0.3, -0.25) is 4.90 Å². The number of rotatable bonds is 3. The first kappa shape index (κ1) is 16.2. The zero-order chi connectivity index (χ0) is 17.6. The standard InChI is InChI=1S/C18H22FN5O/c1-18(2,3)17-22-15(23-25-17)10-24-8-4-5-14(24)16-20-12-7-6-11(19)9-13(12)21-16/h6-7,9,14H,4-5,8,10H2,1-3H3,(H,20,21)/t14-/m0/s1. The van der Waals surface area contributed by atoms with Gasteiger partial charge in [0.2, 0.25) is 5.89 Å². The third kappa shape index (κ3) is 3.16. The molecule has 7 heteroatoms. The highest BCUT2D eigenvalue weighted by Gasteiger charge is 2.30. The third-order valence-corrected chi connectivity index (χ3v) is 4.60. The van der Waals surface area contributed by atoms with Crippen LogP contribution in [0.4, 0.5) is 4.39 Å². The van der Waals surface area contributed by atoms with E-state index in [2.05, 4.69) is 45.8 Å². The Morgan fingerprint density at radius 3 is 2.92 bits per heavy atom. The van der Waals surface area contributed by atoms with Crippen LogP contribution in [0, 0.1) is 5.82 Å². The number of nitrogens with zero attached hydrogens (tertiary/aromatic N) is 4. The summed E-state index contributed by atoms with van der Waals surface area (Å²) in [6.45, 7) is 7.73. The van der Waals surface area contributed by atoms with Crippen LogP contribution in [0.25, 0.3) is 11.0 Å². The van der Waals surface area contributed by atoms with Crippen molar-refractivity contribution in [2.24, 2.45) is 0 Å². The lowest BCUT2D eigenvalue weighted by Crippen LogP contribution is -2.24. The molecule has 1 fully saturated rings. The maximum atomic E-state index is 13.4. The fraction of sp³-hybridized carbons (Fsp3) is 0.500. The van der Waals surface area contributed by atoms with Crippen molar-refractivity contribution < 1.29 is 8.91 Å². The normalized spacial score (nSPS) is 19.1. The molecule has 0 bridgehead atoms. The first-order chi connectivity index (χ1) is 11.9. The number of hydrogen-bond acceptors (Lipinski definition) is 5. The Kier molecular flexibility index (Phi) is 3.83. The average molecular weight is 343 g/mol. The number of benzene rings is 1. The van der Waals surface area contributed by atoms with Crippen molar-refractivity contribution in [2.45, 2.75) is 51.6 Å². The van der Waals surface area contributed by atoms with Gasteiger partial charge in [-0.1, -0.05) is 25.9 Å². The van der Waals surface area contributed by atoms with Gasteiger partial charge < -0.3 is 9.51 Å². The largest absolute Gasteiger partial charge is 0.341 e. The molecule has 2 aromatic heterocycles. The first-order valence-electron chi connectivity index (χ1n) is 8.62. The van der Waals surface area contributed by atoms with Gasteiger partial charge in [0.25, 0.3) is 0 Å². The third-order valence-electron chi connectivity index (χ3n) is 4.60. The number of likely N-dealkylation sites (tertiary alicyclic amines) is 1. The molecule has 3 aromatic rings. The molecule has 25 heavy (non-hydrogen) atoms. The molecule has 0 aliphatic carbocycles. The van der Waals surface area contributed by atoms with E-state index in [0.29, 0.717) is 18.3 Å². The van der Waals surface area contributed by atoms with Gasteiger partial charge in [-0.15, -0.1) is 0 Å². The summed E-state index contributed by atoms with van der Waals surface area (Å²) in [5.74, 6) is 1.96. The van der Waals surface area contributed by atoms with E-state index in [9.17, 15) is 4.39 Å². The molecule has 4 rings (SSSR count). The predicted octanol–water partition coefficient (Wildman–Crippen LogP) is 3.72. The Morgan fingerprint density at radius 1 is 1.32 bits per heavy atom. The lowest BCUT2D eigenvalue weighted by Gasteiger charge is -2.20. The molecule has 1 aliphatic rings. The molecular formula is C18H22FN5O. The Hall–Kier alpha value is -2.28. The van der Waals surface area contributed by atoms with Gasteiger partial charge in [0.15, 0.2) is 5.82 Å². The maximum Gasteiger partial charge on any atom is 0.232 e. The zero-order valence-corrected chi connectivity index (χ0v) is 14.7. The van der Waals surface area contributed by atoms with Crippen LogP contribution in [0.2, 0.25) is 0 Å². The van der Waals surface area contributed by atoms with Gasteiger partial charge >= 0.3 is 0 Å². The quantitative estimate of drug-likeness (QED) is 0.785. The number of H-pyrrole nitrogens is 1. The molecule has 1 aromatic carbocycles. The summed E-state index contributed by atoms with van der Waals surface area (Å²) in [6, 6.07) is 4.79. The molecule has 0 spiro atoms. The molecule has 0 saturated carbocycles. The van der Waals surface area contributed by atoms with Crippen LogP contribution in [0.5, 0.6) is 0 Å². The van der Waals surface area contributed by atoms with Gasteiger partial charge in [-0.2, -0.15) is 4.98 Å². The van der Waals surface area contributed by atoms with E-state index in [1.165, 1.54) is 12.1 Å². The van der Waals surface area contributed by atoms with Crippen molar-refractivity contribution in [1.82, 2.24) is 25.0 Å². The molecule has 3 heterocycles. The van der Waals surface area contributed by atoms with Crippen molar-refractivity contribution in [3.63, 3.8) is 0 Å². The highest BCUT2D eigenvalue weighted by molar-refractivity contribution is 5.75. The lowest BCUT2D eigenvalue weighted by atomic mass is 9.97. The van der Waals surface area contributed by atoms with E-state index in [0.717, 1.165) is 36.2 Å². The van der Waals surface area contributed by atoms with E-state index in [1.54, 1.807) is 6.07 Å². The Morgan fingerprint density at radius 2 is 2.16 bits per heavy atom. The van der Waals surface area contributed by atoms with E-state index < -0.39 is 0 Å². The molecule has 0 radical (unpaired) electrons. The van der Waals surface area contributed by atoms with Crippen LogP contribution in [0.3, 0.4) is 0 Å². The van der Waals surface area contributed by atoms with Crippen molar-refractivity contribution in [3.8, 4) is 0 Å². The van der Waals surface area contributed by atoms with Gasteiger partial charge in [-0.05, 0) is 37.6 Å². The summed E-state index contributed by atoms with van der Waals surface area (Å²) < 4.78 is 18.8. The zero-order valence-electron chi connectivity index (χ0n) is 14.7. The molecule has 1 saturated heterocycles. The second-order valence-electron chi connectivity index (χ2n) is 7.68. The first-order valence-corrected chi connectivity index (χ1v) is 8.62. The van der Waals surface area contributed by atoms with Crippen molar-refractivity contribution in [2.75, 3.05) is 6.54 Å². The van der Waals surface area contributed by atoms with Crippen LogP contribution >= 0.6 is 0 Å². The van der Waals surface area contributed by atoms with Gasteiger partial charge in [0.05, 0.1) is 23.6 Å². The Bertz CT molecular complexity index is 894. The molecule has 132 valence electrons. The summed E-state index contributed by atoms with van der Waals surface area (Å²) in [6.07, 6.45) is 2.09. The van der Waals surface area contributed by atoms with E-state index in [4.69, 9.17) is 4.52 Å². The lowest BCUT2D eigenvalue weighted by molar-refractivity contribution is 0.230. The SMILES string of the molecule is CC(C)(C)c1nc(CN2CCC[C@H]2c2nc3ccc(F)cc3[nH]2)no1. The van der Waals surface area contributed by atoms with E-state index in [-0.39, 0.29) is 17.3 Å². The minimum absolute atomic E-state index is 0.154. The van der Waals surface area contributed by atoms with Gasteiger partial charge in [-0.25, -0.2) is 9.37 Å². The fourth-order valence-electron chi connectivity index (χ4n) is 3.29. The molecular weight excluding hydrogens is 321 g/mol. The van der Waals surface area contributed by atoms with Gasteiger partial charge in [0.1, 0.15) is 11.6 Å². The number of fused-ring (bicyclic) bond motifs is 1. The summed E-state index contributed by atoms with van der Waals surface area (Å²) in [5.41, 5.74) is 1.37.